The van der Waals surface area contributed by atoms with E-state index in [1.165, 1.54) is 5.57 Å². The van der Waals surface area contributed by atoms with Gasteiger partial charge in [-0.15, -0.1) is 0 Å². The standard InChI is InChI=1S/C30H50O5/c1-19-9-11-24-28(7,16-14-22(31)26(3,4)34-24)21(19)13-18-30(33)20(2)10-12-25-29(30,8)17-15-23(32)27(5,6)35-25/h20-22,24-25,31,33H,1,9-18H2,2-8H3/t20-,21+,22+,24-,25-,28-,29+,30-/m0/s1. The van der Waals surface area contributed by atoms with E-state index in [1.807, 2.05) is 27.7 Å². The summed E-state index contributed by atoms with van der Waals surface area (Å²) in [4.78, 5) is 12.8. The van der Waals surface area contributed by atoms with Crippen molar-refractivity contribution in [2.45, 2.75) is 148 Å². The Morgan fingerprint density at radius 3 is 2.31 bits per heavy atom. The molecule has 0 aromatic carbocycles. The Labute approximate surface area is 213 Å². The van der Waals surface area contributed by atoms with Gasteiger partial charge < -0.3 is 19.7 Å². The third-order valence-corrected chi connectivity index (χ3v) is 11.1. The first kappa shape index (κ1) is 27.3. The lowest BCUT2D eigenvalue weighted by molar-refractivity contribution is -0.227. The molecule has 5 heteroatoms. The van der Waals surface area contributed by atoms with E-state index < -0.39 is 28.3 Å². The lowest BCUT2D eigenvalue weighted by atomic mass is 9.53. The minimum absolute atomic E-state index is 0.0755. The van der Waals surface area contributed by atoms with Crippen LogP contribution in [0.25, 0.3) is 0 Å². The number of aliphatic hydroxyl groups is 2. The van der Waals surface area contributed by atoms with Crippen molar-refractivity contribution in [2.75, 3.05) is 0 Å². The van der Waals surface area contributed by atoms with E-state index in [0.717, 1.165) is 44.9 Å². The van der Waals surface area contributed by atoms with Gasteiger partial charge in [0.25, 0.3) is 0 Å². The van der Waals surface area contributed by atoms with Crippen LogP contribution in [0.2, 0.25) is 0 Å². The molecular weight excluding hydrogens is 440 g/mol. The summed E-state index contributed by atoms with van der Waals surface area (Å²) in [5.41, 5.74) is -1.60. The number of fused-ring (bicyclic) bond motifs is 2. The zero-order valence-electron chi connectivity index (χ0n) is 23.3. The second-order valence-corrected chi connectivity index (χ2v) is 13.9. The van der Waals surface area contributed by atoms with Gasteiger partial charge in [-0.05, 0) is 97.3 Å². The Balaban J connectivity index is 1.61. The molecule has 5 nitrogen and oxygen atoms in total. The van der Waals surface area contributed by atoms with E-state index in [0.29, 0.717) is 19.3 Å². The fourth-order valence-electron chi connectivity index (χ4n) is 8.17. The lowest BCUT2D eigenvalue weighted by Gasteiger charge is -2.57. The quantitative estimate of drug-likeness (QED) is 0.493. The molecule has 0 amide bonds. The molecule has 2 saturated carbocycles. The van der Waals surface area contributed by atoms with E-state index in [4.69, 9.17) is 9.47 Å². The topological polar surface area (TPSA) is 76.0 Å². The molecule has 200 valence electrons. The van der Waals surface area contributed by atoms with Crippen LogP contribution in [0.4, 0.5) is 0 Å². The Morgan fingerprint density at radius 2 is 1.63 bits per heavy atom. The number of ether oxygens (including phenoxy) is 2. The maximum absolute atomic E-state index is 12.8. The van der Waals surface area contributed by atoms with Crippen LogP contribution in [-0.2, 0) is 14.3 Å². The van der Waals surface area contributed by atoms with E-state index in [9.17, 15) is 15.0 Å². The Kier molecular flexibility index (Phi) is 6.96. The van der Waals surface area contributed by atoms with Crippen LogP contribution in [0.5, 0.6) is 0 Å². The zero-order valence-corrected chi connectivity index (χ0v) is 23.3. The highest BCUT2D eigenvalue weighted by atomic mass is 16.5. The normalized spacial score (nSPS) is 47.9. The summed E-state index contributed by atoms with van der Waals surface area (Å²) in [6.45, 7) is 18.9. The number of carbonyl (C=O) groups excluding carboxylic acids is 1. The number of ketones is 1. The van der Waals surface area contributed by atoms with Crippen molar-refractivity contribution >= 4 is 5.78 Å². The number of hydrogen-bond acceptors (Lipinski definition) is 5. The van der Waals surface area contributed by atoms with Gasteiger partial charge in [0.1, 0.15) is 5.60 Å². The van der Waals surface area contributed by atoms with Crippen molar-refractivity contribution in [3.63, 3.8) is 0 Å². The molecule has 0 radical (unpaired) electrons. The second-order valence-electron chi connectivity index (χ2n) is 13.9. The fourth-order valence-corrected chi connectivity index (χ4v) is 8.17. The van der Waals surface area contributed by atoms with Crippen LogP contribution < -0.4 is 0 Å². The number of rotatable bonds is 3. The maximum Gasteiger partial charge on any atom is 0.164 e. The molecule has 2 saturated heterocycles. The molecule has 35 heavy (non-hydrogen) atoms. The lowest BCUT2D eigenvalue weighted by Crippen LogP contribution is -2.61. The molecule has 8 atom stereocenters. The molecule has 4 aliphatic rings. The van der Waals surface area contributed by atoms with Crippen LogP contribution in [0.15, 0.2) is 12.2 Å². The van der Waals surface area contributed by atoms with Crippen LogP contribution in [-0.4, -0.2) is 51.1 Å². The first-order chi connectivity index (χ1) is 16.1. The summed E-state index contributed by atoms with van der Waals surface area (Å²) < 4.78 is 13.0. The number of Topliss-reactive ketones (excluding diaryl/α,β-unsaturated/α-hetero) is 1. The first-order valence-electron chi connectivity index (χ1n) is 14.0. The molecule has 2 aliphatic heterocycles. The van der Waals surface area contributed by atoms with Crippen molar-refractivity contribution in [1.82, 2.24) is 0 Å². The molecule has 2 aliphatic carbocycles. The molecule has 4 rings (SSSR count). The minimum atomic E-state index is -0.912. The predicted molar refractivity (Wildman–Crippen MR) is 138 cm³/mol. The summed E-state index contributed by atoms with van der Waals surface area (Å²) >= 11 is 0. The highest BCUT2D eigenvalue weighted by Crippen LogP contribution is 2.58. The van der Waals surface area contributed by atoms with E-state index in [-0.39, 0.29) is 35.2 Å². The average Bonchev–Trinajstić information content (AvgIpc) is 2.92. The average molecular weight is 491 g/mol. The van der Waals surface area contributed by atoms with Crippen LogP contribution in [0.3, 0.4) is 0 Å². The third-order valence-electron chi connectivity index (χ3n) is 11.1. The highest BCUT2D eigenvalue weighted by molar-refractivity contribution is 5.86. The van der Waals surface area contributed by atoms with Crippen molar-refractivity contribution in [3.8, 4) is 0 Å². The summed E-state index contributed by atoms with van der Waals surface area (Å²) in [5.74, 6) is 0.499. The van der Waals surface area contributed by atoms with Gasteiger partial charge in [-0.25, -0.2) is 0 Å². The summed E-state index contributed by atoms with van der Waals surface area (Å²) in [7, 11) is 0. The Bertz CT molecular complexity index is 848. The summed E-state index contributed by atoms with van der Waals surface area (Å²) in [5, 5.41) is 23.2. The Hall–Kier alpha value is -0.750. The van der Waals surface area contributed by atoms with Gasteiger partial charge in [-0.1, -0.05) is 32.9 Å². The maximum atomic E-state index is 12.8. The summed E-state index contributed by atoms with van der Waals surface area (Å²) in [6, 6.07) is 0. The fraction of sp³-hybridized carbons (Fsp3) is 0.900. The van der Waals surface area contributed by atoms with Gasteiger partial charge in [0.2, 0.25) is 0 Å². The highest BCUT2D eigenvalue weighted by Gasteiger charge is 2.60. The largest absolute Gasteiger partial charge is 0.390 e. The molecule has 2 heterocycles. The number of aliphatic hydroxyl groups excluding tert-OH is 1. The number of allylic oxidation sites excluding steroid dienone is 1. The van der Waals surface area contributed by atoms with Crippen molar-refractivity contribution in [3.05, 3.63) is 12.2 Å². The van der Waals surface area contributed by atoms with Gasteiger partial charge in [-0.2, -0.15) is 0 Å². The summed E-state index contributed by atoms with van der Waals surface area (Å²) in [6.07, 6.45) is 7.34. The van der Waals surface area contributed by atoms with E-state index >= 15 is 0 Å². The van der Waals surface area contributed by atoms with E-state index in [2.05, 4.69) is 27.4 Å². The third kappa shape index (κ3) is 4.36. The monoisotopic (exact) mass is 490 g/mol. The molecule has 0 bridgehead atoms. The molecule has 0 unspecified atom stereocenters. The zero-order chi connectivity index (χ0) is 26.0. The number of carbonyl (C=O) groups is 1. The van der Waals surface area contributed by atoms with Gasteiger partial charge in [0, 0.05) is 17.3 Å². The van der Waals surface area contributed by atoms with Crippen LogP contribution >= 0.6 is 0 Å². The Morgan fingerprint density at radius 1 is 0.943 bits per heavy atom. The smallest absolute Gasteiger partial charge is 0.164 e. The van der Waals surface area contributed by atoms with Crippen molar-refractivity contribution in [2.24, 2.45) is 22.7 Å². The van der Waals surface area contributed by atoms with Gasteiger partial charge >= 0.3 is 0 Å². The van der Waals surface area contributed by atoms with Gasteiger partial charge in [0.15, 0.2) is 5.78 Å². The number of hydrogen-bond donors (Lipinski definition) is 2. The van der Waals surface area contributed by atoms with Gasteiger partial charge in [0.05, 0.1) is 29.5 Å². The molecular formula is C30H50O5. The molecule has 0 aromatic heterocycles. The predicted octanol–water partition coefficient (Wildman–Crippen LogP) is 5.75. The van der Waals surface area contributed by atoms with Crippen LogP contribution in [0.1, 0.15) is 113 Å². The van der Waals surface area contributed by atoms with Crippen molar-refractivity contribution in [1.29, 1.82) is 0 Å². The molecule has 4 fully saturated rings. The SMILES string of the molecule is C=C1CC[C@@H]2OC(C)(C)[C@H](O)CC[C@@]2(C)[C@@H]1CC[C@]1(O)[C@@H](C)CC[C@@H]2OC(C)(C)C(=O)CC[C@]21C. The minimum Gasteiger partial charge on any atom is -0.390 e. The van der Waals surface area contributed by atoms with Crippen molar-refractivity contribution < 1.29 is 24.5 Å². The molecule has 2 N–H and O–H groups in total. The molecule has 0 aromatic rings. The van der Waals surface area contributed by atoms with E-state index in [1.54, 1.807) is 0 Å². The van der Waals surface area contributed by atoms with Crippen LogP contribution in [0, 0.1) is 22.7 Å². The van der Waals surface area contributed by atoms with Gasteiger partial charge in [-0.3, -0.25) is 4.79 Å². The first-order valence-corrected chi connectivity index (χ1v) is 14.0. The molecule has 0 spiro atoms. The second kappa shape index (κ2) is 8.92.